The Morgan fingerprint density at radius 1 is 1.31 bits per heavy atom. The van der Waals surface area contributed by atoms with Gasteiger partial charge in [0.1, 0.15) is 0 Å². The first-order valence-electron chi connectivity index (χ1n) is 9.16. The Kier molecular flexibility index (Phi) is 6.57. The van der Waals surface area contributed by atoms with E-state index in [-0.39, 0.29) is 0 Å². The lowest BCUT2D eigenvalue weighted by molar-refractivity contribution is 0.196. The second kappa shape index (κ2) is 9.09. The van der Waals surface area contributed by atoms with Crippen molar-refractivity contribution >= 4 is 17.3 Å². The number of aliphatic imine (C=N–C) groups is 1. The number of aromatic nitrogens is 2. The van der Waals surface area contributed by atoms with E-state index in [1.165, 1.54) is 4.88 Å². The predicted molar refractivity (Wildman–Crippen MR) is 107 cm³/mol. The normalized spacial score (nSPS) is 16.7. The minimum absolute atomic E-state index is 0.463. The van der Waals surface area contributed by atoms with E-state index in [0.717, 1.165) is 61.4 Å². The largest absolute Gasteiger partial charge is 0.354 e. The second-order valence-electron chi connectivity index (χ2n) is 6.68. The van der Waals surface area contributed by atoms with Crippen LogP contribution in [0.4, 0.5) is 0 Å². The molecule has 3 rings (SSSR count). The van der Waals surface area contributed by atoms with Gasteiger partial charge in [-0.2, -0.15) is 0 Å². The van der Waals surface area contributed by atoms with Crippen LogP contribution in [-0.4, -0.2) is 47.0 Å². The van der Waals surface area contributed by atoms with Crippen LogP contribution in [0.5, 0.6) is 0 Å². The summed E-state index contributed by atoms with van der Waals surface area (Å²) in [7, 11) is 1.83. The van der Waals surface area contributed by atoms with Gasteiger partial charge in [0.15, 0.2) is 5.96 Å². The van der Waals surface area contributed by atoms with Gasteiger partial charge in [0, 0.05) is 43.8 Å². The average Bonchev–Trinajstić information content (AvgIpc) is 2.98. The maximum absolute atomic E-state index is 4.48. The summed E-state index contributed by atoms with van der Waals surface area (Å²) in [6.45, 7) is 7.98. The first-order chi connectivity index (χ1) is 12.6. The van der Waals surface area contributed by atoms with E-state index in [9.17, 15) is 0 Å². The molecule has 2 aromatic heterocycles. The van der Waals surface area contributed by atoms with Crippen LogP contribution in [0.3, 0.4) is 0 Å². The Morgan fingerprint density at radius 3 is 2.73 bits per heavy atom. The fourth-order valence-electron chi connectivity index (χ4n) is 3.25. The van der Waals surface area contributed by atoms with Gasteiger partial charge in [-0.3, -0.25) is 14.9 Å². The highest BCUT2D eigenvalue weighted by Gasteiger charge is 2.20. The van der Waals surface area contributed by atoms with Crippen molar-refractivity contribution in [2.45, 2.75) is 45.8 Å². The van der Waals surface area contributed by atoms with Crippen molar-refractivity contribution in [2.75, 3.05) is 20.1 Å². The molecule has 1 fully saturated rings. The summed E-state index contributed by atoms with van der Waals surface area (Å²) in [5.41, 5.74) is 2.25. The summed E-state index contributed by atoms with van der Waals surface area (Å²) in [5, 5.41) is 8.10. The molecule has 1 saturated heterocycles. The predicted octanol–water partition coefficient (Wildman–Crippen LogP) is 2.48. The molecule has 0 aromatic carbocycles. The van der Waals surface area contributed by atoms with Gasteiger partial charge in [-0.25, -0.2) is 4.98 Å². The number of rotatable bonds is 5. The molecule has 3 heterocycles. The van der Waals surface area contributed by atoms with Gasteiger partial charge in [0.25, 0.3) is 0 Å². The molecule has 0 unspecified atom stereocenters. The van der Waals surface area contributed by atoms with Crippen LogP contribution in [0.1, 0.15) is 34.1 Å². The van der Waals surface area contributed by atoms with E-state index >= 15 is 0 Å². The number of likely N-dealkylation sites (tertiary alicyclic amines) is 1. The molecular weight excluding hydrogens is 344 g/mol. The molecule has 1 aliphatic rings. The lowest BCUT2D eigenvalue weighted by atomic mass is 10.0. The van der Waals surface area contributed by atoms with Crippen molar-refractivity contribution in [3.05, 3.63) is 45.7 Å². The molecular formula is C19H28N6S. The highest BCUT2D eigenvalue weighted by Crippen LogP contribution is 2.17. The van der Waals surface area contributed by atoms with E-state index in [0.29, 0.717) is 6.04 Å². The number of hydrogen-bond acceptors (Lipinski definition) is 5. The average molecular weight is 373 g/mol. The van der Waals surface area contributed by atoms with Crippen LogP contribution in [-0.2, 0) is 13.1 Å². The molecule has 2 N–H and O–H groups in total. The number of nitrogens with zero attached hydrogens (tertiary/aromatic N) is 4. The summed E-state index contributed by atoms with van der Waals surface area (Å²) in [5.74, 6) is 0.874. The standard InChI is InChI=1S/C19H28N6S/c1-14-18(26-15(2)23-14)12-22-19(20-3)24-16-7-10-25(11-8-16)13-17-6-4-5-9-21-17/h4-6,9,16H,7-8,10-13H2,1-3H3,(H2,20,22,24). The summed E-state index contributed by atoms with van der Waals surface area (Å²) in [4.78, 5) is 17.0. The van der Waals surface area contributed by atoms with Gasteiger partial charge in [-0.05, 0) is 38.8 Å². The Hall–Kier alpha value is -1.99. The maximum atomic E-state index is 4.48. The molecule has 7 heteroatoms. The Labute approximate surface area is 159 Å². The highest BCUT2D eigenvalue weighted by molar-refractivity contribution is 7.11. The van der Waals surface area contributed by atoms with E-state index < -0.39 is 0 Å². The van der Waals surface area contributed by atoms with Crippen molar-refractivity contribution in [3.63, 3.8) is 0 Å². The SMILES string of the molecule is CN=C(NCc1sc(C)nc1C)NC1CCN(Cc2ccccn2)CC1. The van der Waals surface area contributed by atoms with Gasteiger partial charge in [0.05, 0.1) is 22.9 Å². The number of hydrogen-bond donors (Lipinski definition) is 2. The van der Waals surface area contributed by atoms with Crippen LogP contribution in [0, 0.1) is 13.8 Å². The Bertz CT molecular complexity index is 719. The number of piperidine rings is 1. The van der Waals surface area contributed by atoms with Crippen LogP contribution in [0.15, 0.2) is 29.4 Å². The number of guanidine groups is 1. The van der Waals surface area contributed by atoms with Crippen molar-refractivity contribution < 1.29 is 0 Å². The summed E-state index contributed by atoms with van der Waals surface area (Å²) in [6, 6.07) is 6.58. The summed E-state index contributed by atoms with van der Waals surface area (Å²) in [6.07, 6.45) is 4.10. The Morgan fingerprint density at radius 2 is 2.12 bits per heavy atom. The lowest BCUT2D eigenvalue weighted by Crippen LogP contribution is -2.48. The molecule has 1 aliphatic heterocycles. The minimum atomic E-state index is 0.463. The van der Waals surface area contributed by atoms with Crippen LogP contribution in [0.2, 0.25) is 0 Å². The number of pyridine rings is 1. The van der Waals surface area contributed by atoms with Gasteiger partial charge < -0.3 is 10.6 Å². The molecule has 0 bridgehead atoms. The zero-order chi connectivity index (χ0) is 18.4. The monoisotopic (exact) mass is 372 g/mol. The molecule has 140 valence electrons. The molecule has 0 radical (unpaired) electrons. The molecule has 6 nitrogen and oxygen atoms in total. The molecule has 2 aromatic rings. The number of aryl methyl sites for hydroxylation is 2. The molecule has 26 heavy (non-hydrogen) atoms. The van der Waals surface area contributed by atoms with Gasteiger partial charge in [-0.15, -0.1) is 11.3 Å². The molecule has 0 aliphatic carbocycles. The van der Waals surface area contributed by atoms with Crippen LogP contribution < -0.4 is 10.6 Å². The fourth-order valence-corrected chi connectivity index (χ4v) is 4.12. The van der Waals surface area contributed by atoms with Crippen molar-refractivity contribution in [1.82, 2.24) is 25.5 Å². The first-order valence-corrected chi connectivity index (χ1v) is 9.98. The smallest absolute Gasteiger partial charge is 0.191 e. The molecule has 0 spiro atoms. The lowest BCUT2D eigenvalue weighted by Gasteiger charge is -2.32. The zero-order valence-corrected chi connectivity index (χ0v) is 16.6. The molecule has 0 amide bonds. The quantitative estimate of drug-likeness (QED) is 0.624. The third-order valence-electron chi connectivity index (χ3n) is 4.68. The second-order valence-corrected chi connectivity index (χ2v) is 7.97. The molecule has 0 atom stereocenters. The van der Waals surface area contributed by atoms with E-state index in [1.54, 1.807) is 11.3 Å². The van der Waals surface area contributed by atoms with Gasteiger partial charge in [-0.1, -0.05) is 6.07 Å². The fraction of sp³-hybridized carbons (Fsp3) is 0.526. The minimum Gasteiger partial charge on any atom is -0.354 e. The number of thiazole rings is 1. The first kappa shape index (κ1) is 18.8. The van der Waals surface area contributed by atoms with E-state index in [4.69, 9.17) is 0 Å². The van der Waals surface area contributed by atoms with E-state index in [1.807, 2.05) is 26.2 Å². The van der Waals surface area contributed by atoms with Gasteiger partial charge in [0.2, 0.25) is 0 Å². The van der Waals surface area contributed by atoms with Gasteiger partial charge >= 0.3 is 0 Å². The summed E-state index contributed by atoms with van der Waals surface area (Å²) < 4.78 is 0. The van der Waals surface area contributed by atoms with Crippen LogP contribution >= 0.6 is 11.3 Å². The maximum Gasteiger partial charge on any atom is 0.191 e. The topological polar surface area (TPSA) is 65.4 Å². The Balaban J connectivity index is 1.43. The van der Waals surface area contributed by atoms with Crippen molar-refractivity contribution in [3.8, 4) is 0 Å². The van der Waals surface area contributed by atoms with Crippen LogP contribution in [0.25, 0.3) is 0 Å². The summed E-state index contributed by atoms with van der Waals surface area (Å²) >= 11 is 1.75. The zero-order valence-electron chi connectivity index (χ0n) is 15.8. The highest BCUT2D eigenvalue weighted by atomic mass is 32.1. The van der Waals surface area contributed by atoms with E-state index in [2.05, 4.69) is 49.6 Å². The van der Waals surface area contributed by atoms with Crippen molar-refractivity contribution in [1.29, 1.82) is 0 Å². The van der Waals surface area contributed by atoms with Crippen molar-refractivity contribution in [2.24, 2.45) is 4.99 Å². The molecule has 0 saturated carbocycles. The number of nitrogens with one attached hydrogen (secondary N) is 2. The third kappa shape index (κ3) is 5.25. The third-order valence-corrected chi connectivity index (χ3v) is 5.75.